The van der Waals surface area contributed by atoms with Gasteiger partial charge in [-0.25, -0.2) is 0 Å². The standard InChI is InChI=1S/C16H21FN2O5S/c1-3-10(4-2)12-6-5-11(9-14(12)24-25(17,22)23)18-13-7-8-15(20)19-16(13)21/h5-6,9-10,13,18H,3-4,7-8H2,1-2H3,(H,19,20,21). The van der Waals surface area contributed by atoms with E-state index in [1.54, 1.807) is 12.1 Å². The van der Waals surface area contributed by atoms with Crippen LogP contribution in [-0.2, 0) is 20.1 Å². The molecule has 2 N–H and O–H groups in total. The van der Waals surface area contributed by atoms with Gasteiger partial charge in [0.25, 0.3) is 0 Å². The lowest BCUT2D eigenvalue weighted by atomic mass is 9.93. The van der Waals surface area contributed by atoms with Crippen LogP contribution in [0.5, 0.6) is 5.75 Å². The van der Waals surface area contributed by atoms with Gasteiger partial charge in [-0.2, -0.15) is 8.42 Å². The van der Waals surface area contributed by atoms with Gasteiger partial charge >= 0.3 is 10.5 Å². The average Bonchev–Trinajstić information content (AvgIpc) is 2.51. The Morgan fingerprint density at radius 3 is 2.56 bits per heavy atom. The van der Waals surface area contributed by atoms with E-state index in [0.717, 1.165) is 12.8 Å². The molecular formula is C16H21FN2O5S. The molecule has 1 aliphatic heterocycles. The van der Waals surface area contributed by atoms with E-state index in [0.29, 0.717) is 17.7 Å². The molecule has 0 bridgehead atoms. The van der Waals surface area contributed by atoms with E-state index in [1.807, 2.05) is 13.8 Å². The lowest BCUT2D eigenvalue weighted by molar-refractivity contribution is -0.133. The third-order valence-electron chi connectivity index (χ3n) is 4.21. The van der Waals surface area contributed by atoms with Crippen molar-refractivity contribution in [2.24, 2.45) is 0 Å². The predicted octanol–water partition coefficient (Wildman–Crippen LogP) is 2.40. The number of benzene rings is 1. The summed E-state index contributed by atoms with van der Waals surface area (Å²) in [6.07, 6.45) is 1.99. The number of amides is 2. The topological polar surface area (TPSA) is 102 Å². The van der Waals surface area contributed by atoms with Crippen LogP contribution < -0.4 is 14.8 Å². The van der Waals surface area contributed by atoms with Gasteiger partial charge in [-0.15, -0.1) is 0 Å². The van der Waals surface area contributed by atoms with Crippen LogP contribution in [0.1, 0.15) is 51.0 Å². The number of piperidine rings is 1. The Morgan fingerprint density at radius 1 is 1.32 bits per heavy atom. The largest absolute Gasteiger partial charge is 0.488 e. The normalized spacial score (nSPS) is 18.2. The second kappa shape index (κ2) is 7.81. The fourth-order valence-corrected chi connectivity index (χ4v) is 3.26. The van der Waals surface area contributed by atoms with Crippen molar-refractivity contribution in [3.05, 3.63) is 23.8 Å². The van der Waals surface area contributed by atoms with Gasteiger partial charge in [0.15, 0.2) is 5.75 Å². The van der Waals surface area contributed by atoms with Crippen LogP contribution in [0, 0.1) is 0 Å². The first-order chi connectivity index (χ1) is 11.7. The molecule has 25 heavy (non-hydrogen) atoms. The zero-order valence-electron chi connectivity index (χ0n) is 14.0. The monoisotopic (exact) mass is 372 g/mol. The van der Waals surface area contributed by atoms with Crippen LogP contribution >= 0.6 is 0 Å². The van der Waals surface area contributed by atoms with Crippen molar-refractivity contribution in [1.29, 1.82) is 0 Å². The summed E-state index contributed by atoms with van der Waals surface area (Å²) in [5.41, 5.74) is 0.989. The molecule has 1 fully saturated rings. The predicted molar refractivity (Wildman–Crippen MR) is 90.2 cm³/mol. The van der Waals surface area contributed by atoms with E-state index >= 15 is 0 Å². The number of nitrogens with one attached hydrogen (secondary N) is 2. The number of rotatable bonds is 7. The number of carbonyl (C=O) groups excluding carboxylic acids is 2. The number of anilines is 1. The van der Waals surface area contributed by atoms with Gasteiger partial charge in [-0.3, -0.25) is 14.9 Å². The maximum atomic E-state index is 13.0. The van der Waals surface area contributed by atoms with Crippen molar-refractivity contribution in [3.63, 3.8) is 0 Å². The van der Waals surface area contributed by atoms with Crippen molar-refractivity contribution < 1.29 is 26.1 Å². The van der Waals surface area contributed by atoms with Crippen LogP contribution in [0.4, 0.5) is 9.57 Å². The van der Waals surface area contributed by atoms with Crippen LogP contribution in [0.2, 0.25) is 0 Å². The molecule has 0 radical (unpaired) electrons. The molecule has 1 atom stereocenters. The van der Waals surface area contributed by atoms with Crippen molar-refractivity contribution in [1.82, 2.24) is 5.32 Å². The second-order valence-corrected chi connectivity index (χ2v) is 6.84. The van der Waals surface area contributed by atoms with Gasteiger partial charge in [0.2, 0.25) is 11.8 Å². The first kappa shape index (κ1) is 19.2. The van der Waals surface area contributed by atoms with Crippen molar-refractivity contribution in [2.75, 3.05) is 5.32 Å². The summed E-state index contributed by atoms with van der Waals surface area (Å²) in [6, 6.07) is 4.06. The number of halogens is 1. The number of imide groups is 1. The third-order valence-corrected chi connectivity index (χ3v) is 4.59. The minimum absolute atomic E-state index is 0.0152. The van der Waals surface area contributed by atoms with Crippen molar-refractivity contribution >= 4 is 28.0 Å². The summed E-state index contributed by atoms with van der Waals surface area (Å²) in [5.74, 6) is -0.879. The third kappa shape index (κ3) is 5.15. The molecule has 1 saturated heterocycles. The molecule has 1 aromatic carbocycles. The van der Waals surface area contributed by atoms with E-state index in [4.69, 9.17) is 0 Å². The van der Waals surface area contributed by atoms with Gasteiger partial charge in [-0.05, 0) is 36.8 Å². The summed E-state index contributed by atoms with van der Waals surface area (Å²) in [4.78, 5) is 23.0. The number of hydrogen-bond acceptors (Lipinski definition) is 6. The van der Waals surface area contributed by atoms with E-state index in [1.165, 1.54) is 6.07 Å². The molecule has 9 heteroatoms. The van der Waals surface area contributed by atoms with Gasteiger partial charge < -0.3 is 9.50 Å². The first-order valence-corrected chi connectivity index (χ1v) is 9.42. The fourth-order valence-electron chi connectivity index (χ4n) is 2.90. The molecule has 0 saturated carbocycles. The molecule has 2 amide bonds. The van der Waals surface area contributed by atoms with E-state index in [9.17, 15) is 21.9 Å². The lowest BCUT2D eigenvalue weighted by Gasteiger charge is -2.24. The molecule has 0 aromatic heterocycles. The molecule has 1 aliphatic rings. The molecule has 0 spiro atoms. The highest BCUT2D eigenvalue weighted by molar-refractivity contribution is 7.81. The average molecular weight is 372 g/mol. The van der Waals surface area contributed by atoms with Gasteiger partial charge in [0.1, 0.15) is 6.04 Å². The lowest BCUT2D eigenvalue weighted by Crippen LogP contribution is -2.47. The molecule has 7 nitrogen and oxygen atoms in total. The van der Waals surface area contributed by atoms with Crippen molar-refractivity contribution in [2.45, 2.75) is 51.5 Å². The minimum atomic E-state index is -5.17. The Morgan fingerprint density at radius 2 is 2.00 bits per heavy atom. The fraction of sp³-hybridized carbons (Fsp3) is 0.500. The van der Waals surface area contributed by atoms with E-state index < -0.39 is 22.5 Å². The number of hydrogen-bond donors (Lipinski definition) is 2. The highest BCUT2D eigenvalue weighted by Gasteiger charge is 2.27. The second-order valence-electron chi connectivity index (χ2n) is 5.89. The van der Waals surface area contributed by atoms with Crippen LogP contribution in [0.15, 0.2) is 18.2 Å². The first-order valence-electron chi connectivity index (χ1n) is 8.11. The quantitative estimate of drug-likeness (QED) is 0.563. The SMILES string of the molecule is CCC(CC)c1ccc(NC2CCC(=O)NC2=O)cc1OS(=O)(=O)F. The molecular weight excluding hydrogens is 351 g/mol. The molecule has 1 aromatic rings. The molecule has 138 valence electrons. The molecule has 0 aliphatic carbocycles. The molecule has 1 unspecified atom stereocenters. The maximum Gasteiger partial charge on any atom is 0.488 e. The molecule has 2 rings (SSSR count). The zero-order valence-corrected chi connectivity index (χ0v) is 14.9. The molecule has 1 heterocycles. The summed E-state index contributed by atoms with van der Waals surface area (Å²) in [6.45, 7) is 3.88. The number of carbonyl (C=O) groups is 2. The summed E-state index contributed by atoms with van der Waals surface area (Å²) in [5, 5.41) is 5.14. The van der Waals surface area contributed by atoms with Gasteiger partial charge in [-0.1, -0.05) is 23.8 Å². The maximum absolute atomic E-state index is 13.0. The van der Waals surface area contributed by atoms with E-state index in [2.05, 4.69) is 14.8 Å². The van der Waals surface area contributed by atoms with Crippen molar-refractivity contribution in [3.8, 4) is 5.75 Å². The van der Waals surface area contributed by atoms with Crippen LogP contribution in [0.25, 0.3) is 0 Å². The Bertz CT molecular complexity index is 762. The Hall–Kier alpha value is -2.16. The Labute approximate surface area is 146 Å². The van der Waals surface area contributed by atoms with Crippen LogP contribution in [-0.4, -0.2) is 26.3 Å². The highest BCUT2D eigenvalue weighted by Crippen LogP contribution is 2.35. The van der Waals surface area contributed by atoms with Gasteiger partial charge in [0, 0.05) is 18.2 Å². The minimum Gasteiger partial charge on any atom is -0.374 e. The van der Waals surface area contributed by atoms with E-state index in [-0.39, 0.29) is 24.0 Å². The summed E-state index contributed by atoms with van der Waals surface area (Å²) < 4.78 is 39.4. The summed E-state index contributed by atoms with van der Waals surface area (Å²) >= 11 is 0. The zero-order chi connectivity index (χ0) is 18.6. The Kier molecular flexibility index (Phi) is 5.99. The summed E-state index contributed by atoms with van der Waals surface area (Å²) in [7, 11) is -5.17. The van der Waals surface area contributed by atoms with Crippen LogP contribution in [0.3, 0.4) is 0 Å². The highest BCUT2D eigenvalue weighted by atomic mass is 32.3. The Balaban J connectivity index is 2.29. The smallest absolute Gasteiger partial charge is 0.374 e. The van der Waals surface area contributed by atoms with Gasteiger partial charge in [0.05, 0.1) is 0 Å².